The van der Waals surface area contributed by atoms with Crippen molar-refractivity contribution >= 4 is 39.3 Å². The number of benzene rings is 2. The Bertz CT molecular complexity index is 1180. The smallest absolute Gasteiger partial charge is 0.316 e. The van der Waals surface area contributed by atoms with Crippen LogP contribution in [0.25, 0.3) is 21.5 Å². The van der Waals surface area contributed by atoms with Crippen molar-refractivity contribution < 1.29 is 18.8 Å². The lowest BCUT2D eigenvalue weighted by molar-refractivity contribution is -0.141. The predicted molar refractivity (Wildman–Crippen MR) is 116 cm³/mol. The van der Waals surface area contributed by atoms with Gasteiger partial charge in [-0.25, -0.2) is 4.98 Å². The van der Waals surface area contributed by atoms with E-state index in [-0.39, 0.29) is 24.4 Å². The topological polar surface area (TPSA) is 74.5 Å². The predicted octanol–water partition coefficient (Wildman–Crippen LogP) is 5.11. The first-order valence-electron chi connectivity index (χ1n) is 9.53. The Hall–Kier alpha value is -2.84. The maximum absolute atomic E-state index is 12.1. The molecular formula is C22H18N2O4S2. The van der Waals surface area contributed by atoms with Crippen LogP contribution in [0.3, 0.4) is 0 Å². The second-order valence-electron chi connectivity index (χ2n) is 7.03. The summed E-state index contributed by atoms with van der Waals surface area (Å²) in [5, 5.41) is 4.01. The molecule has 0 spiro atoms. The number of thioether (sulfide) groups is 1. The molecule has 1 aliphatic heterocycles. The number of thiazole rings is 1. The lowest BCUT2D eigenvalue weighted by Crippen LogP contribution is -2.07. The van der Waals surface area contributed by atoms with Crippen molar-refractivity contribution in [2.45, 2.75) is 30.4 Å². The van der Waals surface area contributed by atoms with Crippen molar-refractivity contribution in [3.8, 4) is 17.1 Å². The van der Waals surface area contributed by atoms with Gasteiger partial charge >= 0.3 is 5.97 Å². The minimum Gasteiger partial charge on any atom is -0.490 e. The number of carbonyl (C=O) groups excluding carboxylic acids is 1. The van der Waals surface area contributed by atoms with E-state index in [9.17, 15) is 4.79 Å². The summed E-state index contributed by atoms with van der Waals surface area (Å²) in [6.45, 7) is 2.12. The number of esters is 1. The highest BCUT2D eigenvalue weighted by Crippen LogP contribution is 2.33. The average Bonchev–Trinajstić information content (AvgIpc) is 3.46. The van der Waals surface area contributed by atoms with E-state index in [4.69, 9.17) is 14.0 Å². The fourth-order valence-corrected chi connectivity index (χ4v) is 5.17. The van der Waals surface area contributed by atoms with Gasteiger partial charge in [-0.05, 0) is 30.7 Å². The molecule has 2 aromatic carbocycles. The molecule has 1 aliphatic rings. The normalized spacial score (nSPS) is 15.2. The molecular weight excluding hydrogens is 420 g/mol. The Kier molecular flexibility index (Phi) is 5.18. The second kappa shape index (κ2) is 8.12. The number of rotatable bonds is 6. The van der Waals surface area contributed by atoms with Gasteiger partial charge in [-0.15, -0.1) is 11.3 Å². The van der Waals surface area contributed by atoms with E-state index in [0.29, 0.717) is 11.5 Å². The number of fused-ring (bicyclic) bond motifs is 2. The highest BCUT2D eigenvalue weighted by atomic mass is 32.2. The first kappa shape index (κ1) is 19.1. The fraction of sp³-hybridized carbons (Fsp3) is 0.227. The zero-order valence-corrected chi connectivity index (χ0v) is 17.8. The van der Waals surface area contributed by atoms with Crippen LogP contribution in [0.15, 0.2) is 57.4 Å². The minimum absolute atomic E-state index is 0.0706. The third-order valence-electron chi connectivity index (χ3n) is 4.71. The molecule has 0 saturated carbocycles. The molecule has 2 aromatic heterocycles. The van der Waals surface area contributed by atoms with E-state index in [0.717, 1.165) is 32.3 Å². The first-order valence-corrected chi connectivity index (χ1v) is 11.3. The summed E-state index contributed by atoms with van der Waals surface area (Å²) in [7, 11) is 0. The summed E-state index contributed by atoms with van der Waals surface area (Å²) in [6, 6.07) is 15.7. The van der Waals surface area contributed by atoms with Crippen LogP contribution in [0.2, 0.25) is 0 Å². The zero-order valence-electron chi connectivity index (χ0n) is 16.2. The molecule has 0 amide bonds. The number of nitrogens with zero attached hydrogens (tertiary/aromatic N) is 2. The summed E-state index contributed by atoms with van der Waals surface area (Å²) in [6.07, 6.45) is 1.11. The molecule has 0 radical (unpaired) electrons. The third kappa shape index (κ3) is 4.06. The van der Waals surface area contributed by atoms with Gasteiger partial charge in [-0.3, -0.25) is 4.79 Å². The summed E-state index contributed by atoms with van der Waals surface area (Å²) < 4.78 is 18.5. The van der Waals surface area contributed by atoms with Gasteiger partial charge in [0.05, 0.1) is 16.0 Å². The maximum atomic E-state index is 12.1. The molecule has 30 heavy (non-hydrogen) atoms. The van der Waals surface area contributed by atoms with Crippen molar-refractivity contribution in [2.75, 3.05) is 5.75 Å². The Morgan fingerprint density at radius 1 is 1.27 bits per heavy atom. The van der Waals surface area contributed by atoms with Gasteiger partial charge < -0.3 is 14.0 Å². The number of carbonyl (C=O) groups is 1. The van der Waals surface area contributed by atoms with Crippen molar-refractivity contribution in [1.82, 2.24) is 10.1 Å². The first-order chi connectivity index (χ1) is 14.6. The van der Waals surface area contributed by atoms with Gasteiger partial charge in [-0.1, -0.05) is 41.2 Å². The van der Waals surface area contributed by atoms with Gasteiger partial charge in [0.1, 0.15) is 24.2 Å². The van der Waals surface area contributed by atoms with Gasteiger partial charge in [0.2, 0.25) is 0 Å². The van der Waals surface area contributed by atoms with E-state index in [1.165, 1.54) is 17.3 Å². The molecule has 3 heterocycles. The Balaban J connectivity index is 1.16. The van der Waals surface area contributed by atoms with E-state index < -0.39 is 0 Å². The van der Waals surface area contributed by atoms with Crippen LogP contribution in [0.4, 0.5) is 0 Å². The third-order valence-corrected chi connectivity index (χ3v) is 6.87. The van der Waals surface area contributed by atoms with E-state index in [1.54, 1.807) is 17.4 Å². The molecule has 0 aliphatic carbocycles. The minimum atomic E-state index is -0.316. The highest BCUT2D eigenvalue weighted by Gasteiger charge is 2.20. The van der Waals surface area contributed by atoms with E-state index in [2.05, 4.69) is 23.1 Å². The van der Waals surface area contributed by atoms with Gasteiger partial charge in [0, 0.05) is 18.1 Å². The number of hydrogen-bond donors (Lipinski definition) is 0. The zero-order chi connectivity index (χ0) is 20.5. The van der Waals surface area contributed by atoms with Gasteiger partial charge in [-0.2, -0.15) is 0 Å². The quantitative estimate of drug-likeness (QED) is 0.306. The van der Waals surface area contributed by atoms with Crippen LogP contribution in [0, 0.1) is 0 Å². The van der Waals surface area contributed by atoms with Gasteiger partial charge in [0.15, 0.2) is 10.1 Å². The highest BCUT2D eigenvalue weighted by molar-refractivity contribution is 8.01. The summed E-state index contributed by atoms with van der Waals surface area (Å²) in [5.41, 5.74) is 3.60. The van der Waals surface area contributed by atoms with E-state index >= 15 is 0 Å². The Morgan fingerprint density at radius 3 is 3.07 bits per heavy atom. The molecule has 0 saturated heterocycles. The second-order valence-corrected chi connectivity index (χ2v) is 9.29. The summed E-state index contributed by atoms with van der Waals surface area (Å²) >= 11 is 2.95. The monoisotopic (exact) mass is 438 g/mol. The summed E-state index contributed by atoms with van der Waals surface area (Å²) in [5.74, 6) is 1.39. The number of aromatic nitrogens is 2. The van der Waals surface area contributed by atoms with Crippen molar-refractivity contribution in [2.24, 2.45) is 0 Å². The lowest BCUT2D eigenvalue weighted by atomic mass is 10.1. The molecule has 8 heteroatoms. The van der Waals surface area contributed by atoms with Crippen LogP contribution in [0.1, 0.15) is 18.2 Å². The molecule has 0 N–H and O–H groups in total. The van der Waals surface area contributed by atoms with Crippen molar-refractivity contribution in [3.05, 3.63) is 59.8 Å². The SMILES string of the molecule is CC1Cc2ccc(-c3cc(COC(=O)CSc4nc5ccccc5s4)no3)cc2O1. The summed E-state index contributed by atoms with van der Waals surface area (Å²) in [4.78, 5) is 16.6. The molecule has 1 unspecified atom stereocenters. The molecule has 6 nitrogen and oxygen atoms in total. The number of hydrogen-bond acceptors (Lipinski definition) is 8. The number of para-hydroxylation sites is 1. The molecule has 5 rings (SSSR count). The molecule has 1 atom stereocenters. The van der Waals surface area contributed by atoms with Crippen LogP contribution >= 0.6 is 23.1 Å². The largest absolute Gasteiger partial charge is 0.490 e. The van der Waals surface area contributed by atoms with Crippen LogP contribution in [-0.2, 0) is 22.6 Å². The standard InChI is InChI=1S/C22H18N2O4S2/c1-13-8-14-6-7-15(9-18(14)27-13)19-10-16(24-28-19)11-26-21(25)12-29-22-23-17-4-2-3-5-20(17)30-22/h2-7,9-10,13H,8,11-12H2,1H3. The molecule has 4 aromatic rings. The van der Waals surface area contributed by atoms with Gasteiger partial charge in [0.25, 0.3) is 0 Å². The van der Waals surface area contributed by atoms with Crippen LogP contribution in [0.5, 0.6) is 5.75 Å². The van der Waals surface area contributed by atoms with Crippen LogP contribution < -0.4 is 4.74 Å². The lowest BCUT2D eigenvalue weighted by Gasteiger charge is -2.03. The van der Waals surface area contributed by atoms with Crippen molar-refractivity contribution in [1.29, 1.82) is 0 Å². The number of ether oxygens (including phenoxy) is 2. The Labute approximate surface area is 181 Å². The van der Waals surface area contributed by atoms with Crippen molar-refractivity contribution in [3.63, 3.8) is 0 Å². The maximum Gasteiger partial charge on any atom is 0.316 e. The van der Waals surface area contributed by atoms with E-state index in [1.807, 2.05) is 36.4 Å². The molecule has 152 valence electrons. The fourth-order valence-electron chi connectivity index (χ4n) is 3.30. The molecule has 0 fully saturated rings. The van der Waals surface area contributed by atoms with Crippen LogP contribution in [-0.4, -0.2) is 28.0 Å². The average molecular weight is 439 g/mol. The molecule has 0 bridgehead atoms. The Morgan fingerprint density at radius 2 is 2.17 bits per heavy atom.